The lowest BCUT2D eigenvalue weighted by Crippen LogP contribution is -2.58. The third kappa shape index (κ3) is 2.34. The minimum Gasteiger partial charge on any atom is -0.345 e. The first-order valence-corrected chi connectivity index (χ1v) is 6.28. The quantitative estimate of drug-likeness (QED) is 0.903. The number of rotatable bonds is 2. The molecule has 2 rings (SSSR count). The van der Waals surface area contributed by atoms with Gasteiger partial charge in [-0.2, -0.15) is 0 Å². The van der Waals surface area contributed by atoms with Gasteiger partial charge < -0.3 is 5.32 Å². The lowest BCUT2D eigenvalue weighted by atomic mass is 10.1. The summed E-state index contributed by atoms with van der Waals surface area (Å²) in [6.45, 7) is 1.97. The summed E-state index contributed by atoms with van der Waals surface area (Å²) in [6, 6.07) is 6.99. The van der Waals surface area contributed by atoms with Crippen LogP contribution in [0.5, 0.6) is 0 Å². The van der Waals surface area contributed by atoms with E-state index in [-0.39, 0.29) is 18.4 Å². The van der Waals surface area contributed by atoms with Crippen LogP contribution in [0.3, 0.4) is 0 Å². The summed E-state index contributed by atoms with van der Waals surface area (Å²) >= 11 is 3.35. The van der Waals surface area contributed by atoms with E-state index in [0.717, 1.165) is 10.2 Å². The van der Waals surface area contributed by atoms with Crippen LogP contribution in [-0.4, -0.2) is 24.4 Å². The number of hydrogen-bond donors (Lipinski definition) is 1. The van der Waals surface area contributed by atoms with Crippen molar-refractivity contribution in [2.24, 2.45) is 0 Å². The molecule has 1 aliphatic heterocycles. The second kappa shape index (κ2) is 4.87. The number of nitrogens with one attached hydrogen (secondary N) is 1. The Hall–Kier alpha value is -1.36. The summed E-state index contributed by atoms with van der Waals surface area (Å²) in [7, 11) is 0. The first kappa shape index (κ1) is 12.1. The molecule has 4 nitrogen and oxygen atoms in total. The molecule has 1 atom stereocenters. The topological polar surface area (TPSA) is 49.4 Å². The molecule has 1 aromatic carbocycles. The van der Waals surface area contributed by atoms with Crippen molar-refractivity contribution < 1.29 is 9.59 Å². The SMILES string of the molecule is CCC1C(=O)NCC(=O)N1c1ccc(Br)cc1. The predicted octanol–water partition coefficient (Wildman–Crippen LogP) is 1.69. The lowest BCUT2D eigenvalue weighted by Gasteiger charge is -2.34. The lowest BCUT2D eigenvalue weighted by molar-refractivity contribution is -0.131. The smallest absolute Gasteiger partial charge is 0.247 e. The number of amides is 2. The zero-order chi connectivity index (χ0) is 12.4. The highest BCUT2D eigenvalue weighted by Gasteiger charge is 2.33. The number of anilines is 1. The highest BCUT2D eigenvalue weighted by atomic mass is 79.9. The molecule has 1 unspecified atom stereocenters. The molecule has 90 valence electrons. The molecule has 0 saturated carbocycles. The molecule has 0 spiro atoms. The van der Waals surface area contributed by atoms with E-state index >= 15 is 0 Å². The molecule has 1 heterocycles. The van der Waals surface area contributed by atoms with Gasteiger partial charge in [-0.05, 0) is 30.7 Å². The van der Waals surface area contributed by atoms with Crippen molar-refractivity contribution in [3.8, 4) is 0 Å². The van der Waals surface area contributed by atoms with Gasteiger partial charge in [0, 0.05) is 10.2 Å². The van der Waals surface area contributed by atoms with Crippen LogP contribution >= 0.6 is 15.9 Å². The standard InChI is InChI=1S/C12H13BrN2O2/c1-2-10-12(17)14-7-11(16)15(10)9-5-3-8(13)4-6-9/h3-6,10H,2,7H2,1H3,(H,14,17). The molecule has 5 heteroatoms. The number of piperazine rings is 1. The second-order valence-corrected chi connectivity index (χ2v) is 4.80. The molecule has 1 N–H and O–H groups in total. The molecule has 1 fully saturated rings. The Morgan fingerprint density at radius 3 is 2.59 bits per heavy atom. The number of benzene rings is 1. The summed E-state index contributed by atoms with van der Waals surface area (Å²) in [5, 5.41) is 2.60. The van der Waals surface area contributed by atoms with Gasteiger partial charge in [0.2, 0.25) is 11.8 Å². The van der Waals surface area contributed by atoms with Crippen LogP contribution in [0.2, 0.25) is 0 Å². The zero-order valence-corrected chi connectivity index (χ0v) is 11.0. The van der Waals surface area contributed by atoms with Crippen LogP contribution in [0.15, 0.2) is 28.7 Å². The van der Waals surface area contributed by atoms with Crippen molar-refractivity contribution in [2.45, 2.75) is 19.4 Å². The van der Waals surface area contributed by atoms with E-state index in [1.165, 1.54) is 0 Å². The number of carbonyl (C=O) groups is 2. The zero-order valence-electron chi connectivity index (χ0n) is 9.44. The highest BCUT2D eigenvalue weighted by Crippen LogP contribution is 2.23. The largest absolute Gasteiger partial charge is 0.345 e. The number of hydrogen-bond acceptors (Lipinski definition) is 2. The minimum absolute atomic E-state index is 0.0706. The fourth-order valence-corrected chi connectivity index (χ4v) is 2.21. The Labute approximate surface area is 108 Å². The maximum Gasteiger partial charge on any atom is 0.247 e. The van der Waals surface area contributed by atoms with E-state index in [4.69, 9.17) is 0 Å². The summed E-state index contributed by atoms with van der Waals surface area (Å²) in [4.78, 5) is 25.2. The van der Waals surface area contributed by atoms with E-state index in [1.54, 1.807) is 4.90 Å². The maximum absolute atomic E-state index is 11.9. The fourth-order valence-electron chi connectivity index (χ4n) is 1.95. The Kier molecular flexibility index (Phi) is 3.47. The van der Waals surface area contributed by atoms with Crippen molar-refractivity contribution in [1.82, 2.24) is 5.32 Å². The van der Waals surface area contributed by atoms with Crippen LogP contribution < -0.4 is 10.2 Å². The number of halogens is 1. The van der Waals surface area contributed by atoms with Gasteiger partial charge in [0.05, 0.1) is 6.54 Å². The molecule has 17 heavy (non-hydrogen) atoms. The molecule has 1 aromatic rings. The molecule has 1 aliphatic rings. The minimum atomic E-state index is -0.405. The Balaban J connectivity index is 2.35. The van der Waals surface area contributed by atoms with Crippen molar-refractivity contribution in [3.63, 3.8) is 0 Å². The molecule has 0 bridgehead atoms. The Bertz CT molecular complexity index is 444. The van der Waals surface area contributed by atoms with E-state index < -0.39 is 6.04 Å². The summed E-state index contributed by atoms with van der Waals surface area (Å²) in [5.41, 5.74) is 0.764. The molecule has 0 aliphatic carbocycles. The van der Waals surface area contributed by atoms with Crippen molar-refractivity contribution in [1.29, 1.82) is 0 Å². The summed E-state index contributed by atoms with van der Waals surface area (Å²) in [5.74, 6) is -0.159. The predicted molar refractivity (Wildman–Crippen MR) is 68.7 cm³/mol. The van der Waals surface area contributed by atoms with Gasteiger partial charge in [0.15, 0.2) is 0 Å². The average Bonchev–Trinajstić information content (AvgIpc) is 2.33. The van der Waals surface area contributed by atoms with Gasteiger partial charge >= 0.3 is 0 Å². The van der Waals surface area contributed by atoms with E-state index in [9.17, 15) is 9.59 Å². The monoisotopic (exact) mass is 296 g/mol. The van der Waals surface area contributed by atoms with Crippen molar-refractivity contribution in [2.75, 3.05) is 11.4 Å². The molecular weight excluding hydrogens is 284 g/mol. The van der Waals surface area contributed by atoms with Crippen LogP contribution in [0.4, 0.5) is 5.69 Å². The maximum atomic E-state index is 11.9. The van der Waals surface area contributed by atoms with Crippen molar-refractivity contribution in [3.05, 3.63) is 28.7 Å². The molecule has 2 amide bonds. The fraction of sp³-hybridized carbons (Fsp3) is 0.333. The third-order valence-corrected chi connectivity index (χ3v) is 3.32. The van der Waals surface area contributed by atoms with E-state index in [0.29, 0.717) is 6.42 Å². The van der Waals surface area contributed by atoms with Gasteiger partial charge in [-0.3, -0.25) is 14.5 Å². The average molecular weight is 297 g/mol. The summed E-state index contributed by atoms with van der Waals surface area (Å²) < 4.78 is 0.947. The van der Waals surface area contributed by atoms with Gasteiger partial charge in [-0.15, -0.1) is 0 Å². The van der Waals surface area contributed by atoms with Crippen LogP contribution in [-0.2, 0) is 9.59 Å². The second-order valence-electron chi connectivity index (χ2n) is 3.88. The van der Waals surface area contributed by atoms with Crippen LogP contribution in [0.25, 0.3) is 0 Å². The Morgan fingerprint density at radius 1 is 1.35 bits per heavy atom. The molecule has 0 radical (unpaired) electrons. The van der Waals surface area contributed by atoms with Gasteiger partial charge in [0.1, 0.15) is 6.04 Å². The number of carbonyl (C=O) groups excluding carboxylic acids is 2. The van der Waals surface area contributed by atoms with Gasteiger partial charge in [-0.25, -0.2) is 0 Å². The Morgan fingerprint density at radius 2 is 2.00 bits per heavy atom. The molecule has 1 saturated heterocycles. The van der Waals surface area contributed by atoms with Gasteiger partial charge in [-0.1, -0.05) is 22.9 Å². The van der Waals surface area contributed by atoms with Crippen LogP contribution in [0.1, 0.15) is 13.3 Å². The molecule has 0 aromatic heterocycles. The first-order valence-electron chi connectivity index (χ1n) is 5.49. The number of nitrogens with zero attached hydrogens (tertiary/aromatic N) is 1. The van der Waals surface area contributed by atoms with E-state index in [2.05, 4.69) is 21.2 Å². The van der Waals surface area contributed by atoms with Crippen LogP contribution in [0, 0.1) is 0 Å². The highest BCUT2D eigenvalue weighted by molar-refractivity contribution is 9.10. The van der Waals surface area contributed by atoms with Gasteiger partial charge in [0.25, 0.3) is 0 Å². The summed E-state index contributed by atoms with van der Waals surface area (Å²) in [6.07, 6.45) is 0.605. The van der Waals surface area contributed by atoms with Crippen molar-refractivity contribution >= 4 is 33.4 Å². The van der Waals surface area contributed by atoms with E-state index in [1.807, 2.05) is 31.2 Å². The normalized spacial score (nSPS) is 20.4. The third-order valence-electron chi connectivity index (χ3n) is 2.79. The molecular formula is C12H13BrN2O2. The first-order chi connectivity index (χ1) is 8.13.